The molecule has 0 aliphatic carbocycles. The fourth-order valence-electron chi connectivity index (χ4n) is 4.09. The van der Waals surface area contributed by atoms with E-state index in [0.29, 0.717) is 6.04 Å². The highest BCUT2D eigenvalue weighted by atomic mass is 15.2. The van der Waals surface area contributed by atoms with E-state index in [4.69, 9.17) is 9.97 Å². The Morgan fingerprint density at radius 3 is 2.59 bits per heavy atom. The number of nitrogens with one attached hydrogen (secondary N) is 1. The number of nitrogens with zero attached hydrogens (tertiary/aromatic N) is 3. The number of pyridine rings is 2. The molecule has 4 rings (SSSR count). The molecule has 1 aliphatic rings. The average Bonchev–Trinajstić information content (AvgIpc) is 2.70. The Bertz CT molecular complexity index is 910. The van der Waals surface area contributed by atoms with Crippen LogP contribution in [0.4, 0.5) is 0 Å². The first-order valence-corrected chi connectivity index (χ1v) is 9.90. The van der Waals surface area contributed by atoms with Crippen LogP contribution < -0.4 is 5.32 Å². The minimum Gasteiger partial charge on any atom is -0.317 e. The van der Waals surface area contributed by atoms with Gasteiger partial charge in [0.1, 0.15) is 0 Å². The van der Waals surface area contributed by atoms with Gasteiger partial charge in [-0.15, -0.1) is 0 Å². The highest BCUT2D eigenvalue weighted by molar-refractivity contribution is 5.84. The van der Waals surface area contributed by atoms with Crippen LogP contribution in [0.3, 0.4) is 0 Å². The Balaban J connectivity index is 1.65. The van der Waals surface area contributed by atoms with Gasteiger partial charge in [0.2, 0.25) is 0 Å². The van der Waals surface area contributed by atoms with Crippen molar-refractivity contribution in [2.75, 3.05) is 13.1 Å². The maximum atomic E-state index is 4.74. The van der Waals surface area contributed by atoms with Crippen LogP contribution in [0.15, 0.2) is 48.8 Å². The van der Waals surface area contributed by atoms with Crippen molar-refractivity contribution >= 4 is 10.8 Å². The zero-order chi connectivity index (χ0) is 18.6. The molecule has 4 heteroatoms. The van der Waals surface area contributed by atoms with Crippen molar-refractivity contribution in [2.45, 2.75) is 45.8 Å². The molecule has 1 aliphatic heterocycles. The van der Waals surface area contributed by atoms with E-state index in [-0.39, 0.29) is 0 Å². The molecule has 140 valence electrons. The summed E-state index contributed by atoms with van der Waals surface area (Å²) in [6.45, 7) is 8.19. The third-order valence-electron chi connectivity index (χ3n) is 5.61. The first-order chi connectivity index (χ1) is 13.2. The summed E-state index contributed by atoms with van der Waals surface area (Å²) in [5.41, 5.74) is 4.84. The van der Waals surface area contributed by atoms with Crippen molar-refractivity contribution < 1.29 is 0 Å². The van der Waals surface area contributed by atoms with Crippen LogP contribution in [0.5, 0.6) is 0 Å². The molecule has 1 fully saturated rings. The van der Waals surface area contributed by atoms with Crippen molar-refractivity contribution in [3.8, 4) is 0 Å². The average molecular weight is 361 g/mol. The van der Waals surface area contributed by atoms with Crippen molar-refractivity contribution in [1.29, 1.82) is 0 Å². The Morgan fingerprint density at radius 1 is 1.00 bits per heavy atom. The summed E-state index contributed by atoms with van der Waals surface area (Å²) in [6.07, 6.45) is 6.28. The fraction of sp³-hybridized carbons (Fsp3) is 0.391. The van der Waals surface area contributed by atoms with Crippen LogP contribution in [-0.4, -0.2) is 34.0 Å². The maximum Gasteiger partial charge on any atom is 0.0622 e. The molecule has 3 aromatic rings. The molecule has 1 N–H and O–H groups in total. The number of fused-ring (bicyclic) bond motifs is 1. The molecule has 0 saturated carbocycles. The van der Waals surface area contributed by atoms with E-state index in [1.807, 2.05) is 12.4 Å². The molecule has 0 unspecified atom stereocenters. The van der Waals surface area contributed by atoms with Crippen molar-refractivity contribution in [3.63, 3.8) is 0 Å². The number of aryl methyl sites for hydroxylation is 2. The number of benzene rings is 1. The van der Waals surface area contributed by atoms with E-state index in [9.17, 15) is 0 Å². The smallest absolute Gasteiger partial charge is 0.0622 e. The second kappa shape index (κ2) is 8.15. The number of piperidine rings is 1. The number of aromatic nitrogens is 2. The van der Waals surface area contributed by atoms with Crippen LogP contribution in [0.1, 0.15) is 35.4 Å². The summed E-state index contributed by atoms with van der Waals surface area (Å²) < 4.78 is 0. The normalized spacial score (nSPS) is 15.5. The first kappa shape index (κ1) is 18.1. The minimum atomic E-state index is 0.564. The molecule has 0 radical (unpaired) electrons. The molecule has 2 aromatic heterocycles. The zero-order valence-corrected chi connectivity index (χ0v) is 16.3. The summed E-state index contributed by atoms with van der Waals surface area (Å²) in [6, 6.07) is 13.5. The molecular formula is C23H28N4. The molecule has 27 heavy (non-hydrogen) atoms. The second-order valence-electron chi connectivity index (χ2n) is 7.64. The third kappa shape index (κ3) is 4.18. The van der Waals surface area contributed by atoms with Gasteiger partial charge >= 0.3 is 0 Å². The predicted octanol–water partition coefficient (Wildman–Crippen LogP) is 4.00. The Hall–Kier alpha value is -2.30. The van der Waals surface area contributed by atoms with Crippen molar-refractivity contribution in [3.05, 3.63) is 71.3 Å². The Labute approximate surface area is 161 Å². The maximum absolute atomic E-state index is 4.74. The quantitative estimate of drug-likeness (QED) is 0.747. The van der Waals surface area contributed by atoms with Gasteiger partial charge < -0.3 is 5.32 Å². The third-order valence-corrected chi connectivity index (χ3v) is 5.61. The molecule has 0 bridgehead atoms. The molecule has 0 spiro atoms. The molecule has 0 amide bonds. The van der Waals surface area contributed by atoms with Gasteiger partial charge in [-0.2, -0.15) is 0 Å². The highest BCUT2D eigenvalue weighted by Crippen LogP contribution is 2.23. The zero-order valence-electron chi connectivity index (χ0n) is 16.3. The number of hydrogen-bond donors (Lipinski definition) is 1. The highest BCUT2D eigenvalue weighted by Gasteiger charge is 2.23. The largest absolute Gasteiger partial charge is 0.317 e. The summed E-state index contributed by atoms with van der Waals surface area (Å²) in [7, 11) is 0. The predicted molar refractivity (Wildman–Crippen MR) is 111 cm³/mol. The van der Waals surface area contributed by atoms with E-state index in [1.54, 1.807) is 0 Å². The molecule has 1 saturated heterocycles. The van der Waals surface area contributed by atoms with Gasteiger partial charge in [0.15, 0.2) is 0 Å². The lowest BCUT2D eigenvalue weighted by Crippen LogP contribution is -2.42. The van der Waals surface area contributed by atoms with E-state index in [2.05, 4.69) is 60.5 Å². The monoisotopic (exact) mass is 360 g/mol. The fourth-order valence-corrected chi connectivity index (χ4v) is 4.09. The minimum absolute atomic E-state index is 0.564. The standard InChI is InChI=1S/C23H28N4/c1-17-13-18(2)22(26-14-17)15-27(20-8-10-24-11-9-20)16-23-21-6-4-3-5-19(21)7-12-25-23/h3-7,12-14,20,24H,8-11,15-16H2,1-2H3. The first-order valence-electron chi connectivity index (χ1n) is 9.90. The van der Waals surface area contributed by atoms with Gasteiger partial charge in [-0.1, -0.05) is 30.3 Å². The van der Waals surface area contributed by atoms with Gasteiger partial charge in [0, 0.05) is 36.9 Å². The van der Waals surface area contributed by atoms with E-state index >= 15 is 0 Å². The lowest BCUT2D eigenvalue weighted by atomic mass is 10.0. The summed E-state index contributed by atoms with van der Waals surface area (Å²) in [4.78, 5) is 12.1. The van der Waals surface area contributed by atoms with Gasteiger partial charge in [0.25, 0.3) is 0 Å². The lowest BCUT2D eigenvalue weighted by Gasteiger charge is -2.34. The van der Waals surface area contributed by atoms with Crippen LogP contribution >= 0.6 is 0 Å². The van der Waals surface area contributed by atoms with Gasteiger partial charge in [-0.25, -0.2) is 0 Å². The number of hydrogen-bond acceptors (Lipinski definition) is 4. The summed E-state index contributed by atoms with van der Waals surface area (Å²) >= 11 is 0. The Morgan fingerprint density at radius 2 is 1.78 bits per heavy atom. The summed E-state index contributed by atoms with van der Waals surface area (Å²) in [5.74, 6) is 0. The van der Waals surface area contributed by atoms with E-state index in [1.165, 1.54) is 40.4 Å². The molecular weight excluding hydrogens is 332 g/mol. The summed E-state index contributed by atoms with van der Waals surface area (Å²) in [5, 5.41) is 6.01. The van der Waals surface area contributed by atoms with E-state index in [0.717, 1.165) is 31.9 Å². The van der Waals surface area contributed by atoms with Gasteiger partial charge in [0.05, 0.1) is 11.4 Å². The molecule has 4 nitrogen and oxygen atoms in total. The van der Waals surface area contributed by atoms with Crippen LogP contribution in [-0.2, 0) is 13.1 Å². The van der Waals surface area contributed by atoms with Crippen molar-refractivity contribution in [1.82, 2.24) is 20.2 Å². The second-order valence-corrected chi connectivity index (χ2v) is 7.64. The van der Waals surface area contributed by atoms with Crippen LogP contribution in [0.2, 0.25) is 0 Å². The van der Waals surface area contributed by atoms with E-state index < -0.39 is 0 Å². The Kier molecular flexibility index (Phi) is 5.46. The van der Waals surface area contributed by atoms with Crippen LogP contribution in [0, 0.1) is 13.8 Å². The molecule has 1 aromatic carbocycles. The topological polar surface area (TPSA) is 41.1 Å². The van der Waals surface area contributed by atoms with Crippen LogP contribution in [0.25, 0.3) is 10.8 Å². The molecule has 0 atom stereocenters. The van der Waals surface area contributed by atoms with Gasteiger partial charge in [-0.3, -0.25) is 14.9 Å². The van der Waals surface area contributed by atoms with Crippen molar-refractivity contribution in [2.24, 2.45) is 0 Å². The van der Waals surface area contributed by atoms with Gasteiger partial charge in [-0.05, 0) is 62.4 Å². The lowest BCUT2D eigenvalue weighted by molar-refractivity contribution is 0.142. The number of rotatable bonds is 5. The SMILES string of the molecule is Cc1cnc(CN(Cc2nccc3ccccc23)C2CCNCC2)c(C)c1. The molecule has 3 heterocycles.